The summed E-state index contributed by atoms with van der Waals surface area (Å²) in [7, 11) is 0. The molecule has 0 radical (unpaired) electrons. The standard InChI is InChI=1S/C6H8N2.C3H6N2/c7-5-3-1-2-4-6(5)8;1-2-5-3-4-1/h1-4H,7-8H2;3H,1-2H2,(H,4,5). The molecule has 0 spiro atoms. The van der Waals surface area contributed by atoms with Crippen LogP contribution in [0.4, 0.5) is 11.4 Å². The molecule has 0 amide bonds. The molecule has 4 heteroatoms. The van der Waals surface area contributed by atoms with Crippen LogP contribution in [0, 0.1) is 0 Å². The first kappa shape index (κ1) is 9.38. The summed E-state index contributed by atoms with van der Waals surface area (Å²) in [5.74, 6) is 0. The maximum absolute atomic E-state index is 5.39. The number of benzene rings is 1. The maximum atomic E-state index is 5.39. The molecule has 1 aromatic carbocycles. The summed E-state index contributed by atoms with van der Waals surface area (Å²) in [6, 6.07) is 7.25. The summed E-state index contributed by atoms with van der Waals surface area (Å²) in [6.07, 6.45) is 1.74. The van der Waals surface area contributed by atoms with Crippen molar-refractivity contribution in [1.82, 2.24) is 5.32 Å². The van der Waals surface area contributed by atoms with E-state index in [1.807, 2.05) is 12.1 Å². The third-order valence-corrected chi connectivity index (χ3v) is 1.56. The van der Waals surface area contributed by atoms with E-state index in [4.69, 9.17) is 11.5 Å². The van der Waals surface area contributed by atoms with Crippen molar-refractivity contribution in [2.75, 3.05) is 24.6 Å². The minimum atomic E-state index is 0.646. The second kappa shape index (κ2) is 5.03. The quantitative estimate of drug-likeness (QED) is 0.505. The monoisotopic (exact) mass is 178 g/mol. The third kappa shape index (κ3) is 3.46. The van der Waals surface area contributed by atoms with Crippen LogP contribution in [-0.4, -0.2) is 19.4 Å². The number of nitrogens with one attached hydrogen (secondary N) is 1. The molecule has 0 aromatic heterocycles. The molecular weight excluding hydrogens is 164 g/mol. The fraction of sp³-hybridized carbons (Fsp3) is 0.222. The van der Waals surface area contributed by atoms with Crippen molar-refractivity contribution in [3.05, 3.63) is 24.3 Å². The van der Waals surface area contributed by atoms with Gasteiger partial charge < -0.3 is 16.8 Å². The first-order chi connectivity index (χ1) is 6.30. The number of anilines is 2. The van der Waals surface area contributed by atoms with Crippen LogP contribution in [0.15, 0.2) is 29.3 Å². The van der Waals surface area contributed by atoms with E-state index in [9.17, 15) is 0 Å². The van der Waals surface area contributed by atoms with Crippen LogP contribution in [0.5, 0.6) is 0 Å². The van der Waals surface area contributed by atoms with Crippen LogP contribution in [0.3, 0.4) is 0 Å². The van der Waals surface area contributed by atoms with E-state index in [1.165, 1.54) is 0 Å². The van der Waals surface area contributed by atoms with Crippen molar-refractivity contribution in [3.8, 4) is 0 Å². The third-order valence-electron chi connectivity index (χ3n) is 1.56. The Balaban J connectivity index is 0.000000145. The first-order valence-corrected chi connectivity index (χ1v) is 4.12. The lowest BCUT2D eigenvalue weighted by Gasteiger charge is -1.94. The second-order valence-corrected chi connectivity index (χ2v) is 2.62. The summed E-state index contributed by atoms with van der Waals surface area (Å²) in [5, 5.41) is 2.93. The average molecular weight is 178 g/mol. The lowest BCUT2D eigenvalue weighted by molar-refractivity contribution is 0.965. The van der Waals surface area contributed by atoms with Crippen molar-refractivity contribution < 1.29 is 0 Å². The molecule has 0 saturated carbocycles. The topological polar surface area (TPSA) is 76.4 Å². The molecule has 1 aromatic rings. The van der Waals surface area contributed by atoms with E-state index in [0.29, 0.717) is 11.4 Å². The van der Waals surface area contributed by atoms with Crippen molar-refractivity contribution >= 4 is 17.7 Å². The number of nitrogen functional groups attached to an aromatic ring is 2. The minimum absolute atomic E-state index is 0.646. The lowest BCUT2D eigenvalue weighted by atomic mass is 10.3. The zero-order valence-electron chi connectivity index (χ0n) is 7.40. The molecule has 2 rings (SSSR count). The predicted octanol–water partition coefficient (Wildman–Crippen LogP) is 0.469. The number of hydrogen-bond donors (Lipinski definition) is 3. The highest BCUT2D eigenvalue weighted by Gasteiger charge is 1.85. The predicted molar refractivity (Wildman–Crippen MR) is 56.6 cm³/mol. The molecule has 5 N–H and O–H groups in total. The summed E-state index contributed by atoms with van der Waals surface area (Å²) in [6.45, 7) is 1.99. The summed E-state index contributed by atoms with van der Waals surface area (Å²) in [5.41, 5.74) is 12.1. The first-order valence-electron chi connectivity index (χ1n) is 4.12. The van der Waals surface area contributed by atoms with Crippen LogP contribution in [0.2, 0.25) is 0 Å². The second-order valence-electron chi connectivity index (χ2n) is 2.62. The van der Waals surface area contributed by atoms with E-state index in [0.717, 1.165) is 13.1 Å². The molecule has 0 unspecified atom stereocenters. The van der Waals surface area contributed by atoms with Gasteiger partial charge in [0.25, 0.3) is 0 Å². The van der Waals surface area contributed by atoms with Crippen LogP contribution in [0.25, 0.3) is 0 Å². The largest absolute Gasteiger partial charge is 0.397 e. The number of nitrogens with zero attached hydrogens (tertiary/aromatic N) is 1. The fourth-order valence-electron chi connectivity index (χ4n) is 0.834. The molecular formula is C9H14N4. The average Bonchev–Trinajstić information content (AvgIpc) is 2.68. The van der Waals surface area contributed by atoms with E-state index in [1.54, 1.807) is 18.5 Å². The molecule has 0 saturated heterocycles. The van der Waals surface area contributed by atoms with Crippen molar-refractivity contribution in [3.63, 3.8) is 0 Å². The Labute approximate surface area is 77.7 Å². The highest BCUT2D eigenvalue weighted by Crippen LogP contribution is 2.10. The normalized spacial score (nSPS) is 12.9. The minimum Gasteiger partial charge on any atom is -0.397 e. The molecule has 13 heavy (non-hydrogen) atoms. The number of aliphatic imine (C=N–C) groups is 1. The van der Waals surface area contributed by atoms with Crippen LogP contribution < -0.4 is 16.8 Å². The molecule has 1 aliphatic heterocycles. The SMILES string of the molecule is C1=NCCN1.Nc1ccccc1N. The Kier molecular flexibility index (Phi) is 3.63. The molecule has 0 fully saturated rings. The van der Waals surface area contributed by atoms with Gasteiger partial charge in [-0.2, -0.15) is 0 Å². The summed E-state index contributed by atoms with van der Waals surface area (Å²) >= 11 is 0. The smallest absolute Gasteiger partial charge is 0.0825 e. The van der Waals surface area contributed by atoms with Gasteiger partial charge in [0.2, 0.25) is 0 Å². The van der Waals surface area contributed by atoms with E-state index in [2.05, 4.69) is 10.3 Å². The molecule has 0 atom stereocenters. The van der Waals surface area contributed by atoms with Gasteiger partial charge in [0, 0.05) is 6.54 Å². The van der Waals surface area contributed by atoms with Gasteiger partial charge in [0.05, 0.1) is 24.3 Å². The molecule has 0 bridgehead atoms. The van der Waals surface area contributed by atoms with Crippen molar-refractivity contribution in [2.24, 2.45) is 4.99 Å². The molecule has 1 heterocycles. The highest BCUT2D eigenvalue weighted by molar-refractivity contribution is 5.62. The maximum Gasteiger partial charge on any atom is 0.0825 e. The van der Waals surface area contributed by atoms with Crippen molar-refractivity contribution in [1.29, 1.82) is 0 Å². The molecule has 1 aliphatic rings. The Bertz CT molecular complexity index is 256. The molecule has 70 valence electrons. The van der Waals surface area contributed by atoms with Crippen LogP contribution in [-0.2, 0) is 0 Å². The van der Waals surface area contributed by atoms with Gasteiger partial charge in [-0.3, -0.25) is 4.99 Å². The number of hydrogen-bond acceptors (Lipinski definition) is 4. The van der Waals surface area contributed by atoms with Gasteiger partial charge in [0.15, 0.2) is 0 Å². The van der Waals surface area contributed by atoms with E-state index in [-0.39, 0.29) is 0 Å². The van der Waals surface area contributed by atoms with Crippen LogP contribution >= 0.6 is 0 Å². The van der Waals surface area contributed by atoms with Gasteiger partial charge in [-0.25, -0.2) is 0 Å². The highest BCUT2D eigenvalue weighted by atomic mass is 15.0. The van der Waals surface area contributed by atoms with Gasteiger partial charge in [-0.1, -0.05) is 12.1 Å². The lowest BCUT2D eigenvalue weighted by Crippen LogP contribution is -2.04. The van der Waals surface area contributed by atoms with Gasteiger partial charge in [-0.15, -0.1) is 0 Å². The summed E-state index contributed by atoms with van der Waals surface area (Å²) in [4.78, 5) is 3.85. The van der Waals surface area contributed by atoms with Gasteiger partial charge in [-0.05, 0) is 12.1 Å². The van der Waals surface area contributed by atoms with E-state index >= 15 is 0 Å². The van der Waals surface area contributed by atoms with Gasteiger partial charge >= 0.3 is 0 Å². The zero-order chi connectivity index (χ0) is 9.52. The Hall–Kier alpha value is -1.71. The van der Waals surface area contributed by atoms with Gasteiger partial charge in [0.1, 0.15) is 0 Å². The van der Waals surface area contributed by atoms with E-state index < -0.39 is 0 Å². The molecule has 4 nitrogen and oxygen atoms in total. The van der Waals surface area contributed by atoms with Crippen LogP contribution in [0.1, 0.15) is 0 Å². The Morgan fingerprint density at radius 1 is 1.15 bits per heavy atom. The zero-order valence-corrected chi connectivity index (χ0v) is 7.40. The number of rotatable bonds is 0. The summed E-state index contributed by atoms with van der Waals surface area (Å²) < 4.78 is 0. The molecule has 0 aliphatic carbocycles. The number of nitrogens with two attached hydrogens (primary N) is 2. The fourth-order valence-corrected chi connectivity index (χ4v) is 0.834. The Morgan fingerprint density at radius 3 is 2.00 bits per heavy atom. The number of para-hydroxylation sites is 2. The van der Waals surface area contributed by atoms with Crippen molar-refractivity contribution in [2.45, 2.75) is 0 Å². The Morgan fingerprint density at radius 2 is 1.77 bits per heavy atom.